The van der Waals surface area contributed by atoms with Gasteiger partial charge in [0.25, 0.3) is 0 Å². The van der Waals surface area contributed by atoms with Gasteiger partial charge in [-0.3, -0.25) is 4.79 Å². The number of thioether (sulfide) groups is 1. The third-order valence-electron chi connectivity index (χ3n) is 39.2. The molecule has 17 nitrogen and oxygen atoms in total. The number of ether oxygens (including phenoxy) is 7. The Bertz CT molecular complexity index is 4540. The number of aromatic nitrogens is 8. The second-order valence-corrected chi connectivity index (χ2v) is 50.6. The van der Waals surface area contributed by atoms with Gasteiger partial charge in [-0.1, -0.05) is 309 Å². The van der Waals surface area contributed by atoms with Crippen LogP contribution < -0.4 is 28.4 Å². The quantitative estimate of drug-likeness (QED) is 0.0186. The molecule has 0 radical (unpaired) electrons. The second-order valence-electron chi connectivity index (χ2n) is 49.8. The first-order valence-corrected chi connectivity index (χ1v) is 57.7. The summed E-state index contributed by atoms with van der Waals surface area (Å²) in [6.07, 6.45) is 48.9. The van der Waals surface area contributed by atoms with Crippen molar-refractivity contribution >= 4 is 17.7 Å². The molecule has 1 unspecified atom stereocenters. The largest absolute Gasteiger partial charge is 0.490 e. The molecule has 0 spiro atoms. The highest BCUT2D eigenvalue weighted by Gasteiger charge is 2.49. The van der Waals surface area contributed by atoms with Gasteiger partial charge in [0.2, 0.25) is 29.4 Å². The Labute approximate surface area is 892 Å². The lowest BCUT2D eigenvalue weighted by molar-refractivity contribution is -0.150. The molecule has 0 amide bonds. The average Bonchev–Trinajstić information content (AvgIpc) is 1.68. The molecule has 9 saturated carbocycles. The van der Waals surface area contributed by atoms with Crippen molar-refractivity contribution in [3.63, 3.8) is 0 Å². The highest BCUT2D eigenvalue weighted by molar-refractivity contribution is 7.98. The Kier molecular flexibility index (Phi) is 53.5. The maximum absolute atomic E-state index is 11.5. The van der Waals surface area contributed by atoms with Crippen molar-refractivity contribution in [1.29, 1.82) is 0 Å². The molecule has 0 bridgehead atoms. The predicted molar refractivity (Wildman–Crippen MR) is 610 cm³/mol. The van der Waals surface area contributed by atoms with Crippen LogP contribution in [-0.2, 0) is 9.53 Å². The highest BCUT2D eigenvalue weighted by atomic mass is 32.2. The lowest BCUT2D eigenvalue weighted by Gasteiger charge is -2.35. The van der Waals surface area contributed by atoms with Gasteiger partial charge in [0.15, 0.2) is 10.9 Å². The van der Waals surface area contributed by atoms with Gasteiger partial charge in [-0.2, -0.15) is 4.98 Å². The van der Waals surface area contributed by atoms with Crippen LogP contribution in [0.25, 0.3) is 0 Å². The topological polar surface area (TPSA) is 205 Å². The molecule has 822 valence electrons. The van der Waals surface area contributed by atoms with Gasteiger partial charge in [-0.15, -0.1) is 0 Å². The van der Waals surface area contributed by atoms with Crippen LogP contribution in [-0.4, -0.2) is 111 Å². The van der Waals surface area contributed by atoms with Crippen molar-refractivity contribution in [1.82, 2.24) is 39.9 Å². The number of aliphatic hydroxyl groups excluding tert-OH is 1. The van der Waals surface area contributed by atoms with Crippen LogP contribution in [0.1, 0.15) is 417 Å². The first kappa shape index (κ1) is 129. The molecule has 6 heterocycles. The molecule has 0 aliphatic heterocycles. The number of aliphatic hydroxyl groups is 1. The summed E-state index contributed by atoms with van der Waals surface area (Å²) >= 11 is 1.54. The molecule has 15 atom stereocenters. The number of esters is 1. The maximum atomic E-state index is 11.5. The number of allylic oxidation sites excluding steroid dienone is 1. The van der Waals surface area contributed by atoms with E-state index >= 15 is 0 Å². The highest BCUT2D eigenvalue weighted by Crippen LogP contribution is 2.56. The van der Waals surface area contributed by atoms with Crippen LogP contribution in [0.15, 0.2) is 121 Å². The van der Waals surface area contributed by atoms with Crippen LogP contribution in [0.3, 0.4) is 0 Å². The molecule has 9 aliphatic rings. The lowest BCUT2D eigenvalue weighted by Crippen LogP contribution is -2.33. The summed E-state index contributed by atoms with van der Waals surface area (Å²) in [6.45, 7) is 80.2. The Hall–Kier alpha value is -6.92. The number of rotatable bonds is 31. The minimum atomic E-state index is -0.0197. The zero-order chi connectivity index (χ0) is 106. The van der Waals surface area contributed by atoms with E-state index in [1.165, 1.54) is 184 Å². The Balaban J connectivity index is 0.000000289. The Morgan fingerprint density at radius 1 is 0.379 bits per heavy atom. The number of aryl methyl sites for hydroxylation is 3. The van der Waals surface area contributed by atoms with Gasteiger partial charge in [0, 0.05) is 73.3 Å². The van der Waals surface area contributed by atoms with Crippen LogP contribution in [0.2, 0.25) is 0 Å². The maximum Gasteiger partial charge on any atom is 0.309 e. The van der Waals surface area contributed by atoms with Gasteiger partial charge in [0.05, 0.1) is 65.1 Å². The molecule has 9 fully saturated rings. The first-order valence-electron chi connectivity index (χ1n) is 56.5. The van der Waals surface area contributed by atoms with Gasteiger partial charge in [0.1, 0.15) is 5.82 Å². The number of hydrogen-bond donors (Lipinski definition) is 1. The number of carbonyl (C=O) groups excluding carboxylic acids is 1. The van der Waals surface area contributed by atoms with E-state index in [2.05, 4.69) is 253 Å². The van der Waals surface area contributed by atoms with Gasteiger partial charge < -0.3 is 38.3 Å². The first-order chi connectivity index (χ1) is 67.5. The van der Waals surface area contributed by atoms with Crippen molar-refractivity contribution in [2.75, 3.05) is 59.6 Å². The van der Waals surface area contributed by atoms with E-state index in [-0.39, 0.29) is 32.2 Å². The van der Waals surface area contributed by atoms with E-state index in [1.807, 2.05) is 106 Å². The molecule has 15 rings (SSSR count). The van der Waals surface area contributed by atoms with Crippen molar-refractivity contribution in [3.05, 3.63) is 139 Å². The van der Waals surface area contributed by atoms with Crippen molar-refractivity contribution in [2.24, 2.45) is 143 Å². The van der Waals surface area contributed by atoms with Crippen LogP contribution in [0.4, 0.5) is 0 Å². The molecule has 145 heavy (non-hydrogen) atoms. The van der Waals surface area contributed by atoms with Gasteiger partial charge >= 0.3 is 5.97 Å². The number of carbonyl (C=O) groups is 1. The smallest absolute Gasteiger partial charge is 0.309 e. The monoisotopic (exact) mass is 2030 g/mol. The Morgan fingerprint density at radius 2 is 0.766 bits per heavy atom. The van der Waals surface area contributed by atoms with E-state index in [0.717, 1.165) is 134 Å². The fraction of sp³-hybridized carbons (Fsp3) is 0.756. The minimum Gasteiger partial charge on any atom is -0.490 e. The summed E-state index contributed by atoms with van der Waals surface area (Å²) in [6, 6.07) is 21.7. The minimum absolute atomic E-state index is 0. The van der Waals surface area contributed by atoms with E-state index in [9.17, 15) is 9.90 Å². The normalized spacial score (nSPS) is 27.9. The third kappa shape index (κ3) is 36.1. The Morgan fingerprint density at radius 3 is 1.10 bits per heavy atom. The number of methoxy groups -OCH3 is 1. The van der Waals surface area contributed by atoms with Crippen LogP contribution >= 0.6 is 11.8 Å². The average molecular weight is 2030 g/mol. The lowest BCUT2D eigenvalue weighted by atomic mass is 9.71. The van der Waals surface area contributed by atoms with Crippen molar-refractivity contribution in [3.8, 4) is 35.1 Å². The van der Waals surface area contributed by atoms with Crippen LogP contribution in [0.5, 0.6) is 35.1 Å². The molecule has 6 aromatic rings. The van der Waals surface area contributed by atoms with E-state index in [0.29, 0.717) is 121 Å². The zero-order valence-electron chi connectivity index (χ0n) is 96.8. The van der Waals surface area contributed by atoms with E-state index in [4.69, 9.17) is 33.2 Å². The molecule has 0 saturated heterocycles. The third-order valence-corrected chi connectivity index (χ3v) is 39.7. The van der Waals surface area contributed by atoms with Gasteiger partial charge in [-0.25, -0.2) is 34.9 Å². The molecular weight excluding hydrogens is 1810 g/mol. The number of nitrogens with zero attached hydrogens (tertiary/aromatic N) is 8. The fourth-order valence-electron chi connectivity index (χ4n) is 24.5. The fourth-order valence-corrected chi connectivity index (χ4v) is 24.9. The molecule has 18 heteroatoms. The van der Waals surface area contributed by atoms with Gasteiger partial charge in [-0.05, 0) is 316 Å². The summed E-state index contributed by atoms with van der Waals surface area (Å²) in [7, 11) is 1.49. The summed E-state index contributed by atoms with van der Waals surface area (Å²) in [5, 5.41) is 9.96. The summed E-state index contributed by atoms with van der Waals surface area (Å²) < 4.78 is 40.2. The molecule has 6 aromatic heterocycles. The SMILES string of the molecule is C.C.C=C1CCCC1(C)C(C)C.CC(C)C1(CO)CCCC1.CC(C)[C@]1(C)CCC[C@@H]1COc1ccccn1.CC(C)c1ncc(OC[C@H]2CCC[C@@]2(C)C(C)C)cn1.COC(=O)[C@H]1CCC[C@@]1(C)C(C)C.CSc1nccc(OC[C@H]2CCC[C@@]2(C)C(C)C)n1.Cc1ccc(OC[C@H]2CCC[C@@]2(C)C(C)C)nc1.Cc1cccc(OC[C@H]2CCC[C@@]2(C)C(C)C)n1.Cc1ccnc(OC[C@H]2CCC[C@@]2(C)C(C)C)c1. The molecule has 9 aliphatic carbocycles. The zero-order valence-corrected chi connectivity index (χ0v) is 97.6. The summed E-state index contributed by atoms with van der Waals surface area (Å²) in [4.78, 5) is 46.0. The van der Waals surface area contributed by atoms with E-state index in [1.54, 1.807) is 24.2 Å². The number of pyridine rings is 4. The van der Waals surface area contributed by atoms with Crippen molar-refractivity contribution in [2.45, 2.75) is 420 Å². The number of hydrogen-bond acceptors (Lipinski definition) is 18. The molecule has 0 aromatic carbocycles. The standard InChI is InChI=1S/C17H28N2O.3C16H25NO.C15H24N2OS.C15H23NO.C11H20O2.C10H18.C9H18O.2CH4/c1-12(2)16-18-9-15(10-19-16)20-11-14-7-6-8-17(14,5)13(3)4;1-12(2)16(4)10-6-8-14(16)11-18-15-9-5-7-13(3)17-15;1-12(2)16(4)9-5-6-14(16)11-18-15-8-7-13(3)10-17-15;1-12(2)16(4)8-5-6-14(16)11-18-15-10-13(3)7-9-17-15;1-11(2)15(3)8-5-6-12(15)10-18-13-7-9-16-14(17-13)19-4;1-12(2)15(3)9-6-7-13(15)11-17-14-8-4-5-10-16-14;1-8(2)11(3)7-5-6-9(11)10(12)13-4;1-8(2)10(4)7-5-6-9(10)3;1-8(2)9(7-10)5-3-4-6-9;;/h9-10,12-14H,6-8,11H2,1-5H3;5,7,9,12,14H,6,8,10-11H2,1-4H3;7-8,10,12,14H,5-6,9,11H2,1-4H3;7,9-10,12,14H,5-6,8,11H2,1-4H3;7,9,11-12H,5-6,8,10H2,1-4H3;4-5,8,10,12-13H,6-7,9,11H2,1-3H3;8-9H,5-7H2,1-4H3;8H,3,5-7H2,1-2,4H3;8,10H,3-7H2,1-2H3;2*1H4/t14-,17+;3*14-,16+;12-,15+;13-,15+;9-,11+;;;;/m1111111..../s1. The summed E-state index contributed by atoms with van der Waals surface area (Å²) in [5.74, 6) is 16.1. The predicted octanol–water partition coefficient (Wildman–Crippen LogP) is 34.6. The van der Waals surface area contributed by atoms with E-state index < -0.39 is 0 Å². The van der Waals surface area contributed by atoms with Crippen molar-refractivity contribution < 1.29 is 43.1 Å². The molecular formula is C127H214N8O9S. The second kappa shape index (κ2) is 60.4. The van der Waals surface area contributed by atoms with Crippen LogP contribution in [0, 0.1) is 164 Å². The summed E-state index contributed by atoms with van der Waals surface area (Å²) in [5.41, 5.74) is 8.36. The molecule has 1 N–H and O–H groups in total.